The molecule has 0 aliphatic rings. The Balaban J connectivity index is 2.27. The van der Waals surface area contributed by atoms with Crippen molar-refractivity contribution in [2.75, 3.05) is 11.3 Å². The summed E-state index contributed by atoms with van der Waals surface area (Å²) in [5.74, 6) is 0. The first-order chi connectivity index (χ1) is 10.0. The van der Waals surface area contributed by atoms with Gasteiger partial charge < -0.3 is 5.32 Å². The van der Waals surface area contributed by atoms with E-state index >= 15 is 0 Å². The van der Waals surface area contributed by atoms with Crippen molar-refractivity contribution >= 4 is 27.3 Å². The van der Waals surface area contributed by atoms with Crippen LogP contribution in [0.25, 0.3) is 0 Å². The lowest BCUT2D eigenvalue weighted by Crippen LogP contribution is -2.15. The summed E-state index contributed by atoms with van der Waals surface area (Å²) in [6, 6.07) is 7.84. The minimum Gasteiger partial charge on any atom is -0.313 e. The highest BCUT2D eigenvalue weighted by Crippen LogP contribution is 2.22. The minimum atomic E-state index is -3.64. The summed E-state index contributed by atoms with van der Waals surface area (Å²) in [7, 11) is -3.64. The SMILES string of the molecule is CCNCc1cc(S(=O)(=O)Nc2ccncc2)ccc1Cl. The highest BCUT2D eigenvalue weighted by molar-refractivity contribution is 7.92. The number of anilines is 1. The normalized spacial score (nSPS) is 11.3. The van der Waals surface area contributed by atoms with Crippen LogP contribution in [-0.2, 0) is 16.6 Å². The second kappa shape index (κ2) is 6.89. The molecule has 0 radical (unpaired) electrons. The van der Waals surface area contributed by atoms with Gasteiger partial charge in [0.25, 0.3) is 10.0 Å². The van der Waals surface area contributed by atoms with E-state index < -0.39 is 10.0 Å². The Morgan fingerprint density at radius 3 is 2.57 bits per heavy atom. The molecule has 7 heteroatoms. The van der Waals surface area contributed by atoms with Crippen LogP contribution in [0.5, 0.6) is 0 Å². The number of nitrogens with zero attached hydrogens (tertiary/aromatic N) is 1. The van der Waals surface area contributed by atoms with Gasteiger partial charge in [-0.3, -0.25) is 9.71 Å². The summed E-state index contributed by atoms with van der Waals surface area (Å²) in [6.45, 7) is 3.27. The average Bonchev–Trinajstić information content (AvgIpc) is 2.47. The Kier molecular flexibility index (Phi) is 5.17. The van der Waals surface area contributed by atoms with Crippen LogP contribution < -0.4 is 10.0 Å². The number of hydrogen-bond donors (Lipinski definition) is 2. The lowest BCUT2D eigenvalue weighted by molar-refractivity contribution is 0.601. The van der Waals surface area contributed by atoms with Crippen molar-refractivity contribution < 1.29 is 8.42 Å². The molecular formula is C14H16ClN3O2S. The smallest absolute Gasteiger partial charge is 0.261 e. The molecule has 112 valence electrons. The van der Waals surface area contributed by atoms with Crippen LogP contribution in [0.15, 0.2) is 47.6 Å². The molecule has 0 unspecified atom stereocenters. The molecule has 21 heavy (non-hydrogen) atoms. The van der Waals surface area contributed by atoms with Crippen molar-refractivity contribution in [3.63, 3.8) is 0 Å². The van der Waals surface area contributed by atoms with Gasteiger partial charge in [0.15, 0.2) is 0 Å². The molecule has 0 fully saturated rings. The van der Waals surface area contributed by atoms with Crippen LogP contribution in [0, 0.1) is 0 Å². The predicted molar refractivity (Wildman–Crippen MR) is 83.9 cm³/mol. The third-order valence-electron chi connectivity index (χ3n) is 2.83. The fraction of sp³-hybridized carbons (Fsp3) is 0.214. The van der Waals surface area contributed by atoms with E-state index in [9.17, 15) is 8.42 Å². The first-order valence-electron chi connectivity index (χ1n) is 6.45. The van der Waals surface area contributed by atoms with Crippen molar-refractivity contribution in [3.05, 3.63) is 53.3 Å². The average molecular weight is 326 g/mol. The largest absolute Gasteiger partial charge is 0.313 e. The molecule has 0 saturated carbocycles. The first kappa shape index (κ1) is 15.8. The summed E-state index contributed by atoms with van der Waals surface area (Å²) in [4.78, 5) is 4.02. The fourth-order valence-corrected chi connectivity index (χ4v) is 3.04. The molecular weight excluding hydrogens is 310 g/mol. The van der Waals surface area contributed by atoms with E-state index in [4.69, 9.17) is 11.6 Å². The Morgan fingerprint density at radius 1 is 1.19 bits per heavy atom. The topological polar surface area (TPSA) is 71.1 Å². The number of nitrogens with one attached hydrogen (secondary N) is 2. The fourth-order valence-electron chi connectivity index (χ4n) is 1.75. The molecule has 0 amide bonds. The Hall–Kier alpha value is -1.63. The van der Waals surface area contributed by atoms with Crippen LogP contribution in [0.3, 0.4) is 0 Å². The van der Waals surface area contributed by atoms with Gasteiger partial charge in [-0.15, -0.1) is 0 Å². The minimum absolute atomic E-state index is 0.177. The number of halogens is 1. The van der Waals surface area contributed by atoms with Crippen LogP contribution in [0.2, 0.25) is 5.02 Å². The lowest BCUT2D eigenvalue weighted by Gasteiger charge is -2.11. The van der Waals surface area contributed by atoms with E-state index in [0.717, 1.165) is 12.1 Å². The molecule has 2 rings (SSSR count). The molecule has 2 aromatic rings. The number of benzene rings is 1. The summed E-state index contributed by atoms with van der Waals surface area (Å²) in [6.07, 6.45) is 3.05. The third kappa shape index (κ3) is 4.17. The van der Waals surface area contributed by atoms with Gasteiger partial charge in [-0.1, -0.05) is 18.5 Å². The second-order valence-electron chi connectivity index (χ2n) is 4.37. The molecule has 0 bridgehead atoms. The van der Waals surface area contributed by atoms with Gasteiger partial charge in [0.2, 0.25) is 0 Å². The zero-order chi connectivity index (χ0) is 15.3. The standard InChI is InChI=1S/C14H16ClN3O2S/c1-2-16-10-11-9-13(3-4-14(11)15)21(19,20)18-12-5-7-17-8-6-12/h3-9,16H,2,10H2,1H3,(H,17,18). The molecule has 1 aromatic carbocycles. The van der Waals surface area contributed by atoms with Gasteiger partial charge in [-0.05, 0) is 42.4 Å². The quantitative estimate of drug-likeness (QED) is 0.856. The van der Waals surface area contributed by atoms with Crippen LogP contribution in [-0.4, -0.2) is 19.9 Å². The van der Waals surface area contributed by atoms with E-state index in [0.29, 0.717) is 17.3 Å². The van der Waals surface area contributed by atoms with Crippen LogP contribution >= 0.6 is 11.6 Å². The maximum atomic E-state index is 12.3. The second-order valence-corrected chi connectivity index (χ2v) is 6.46. The Morgan fingerprint density at radius 2 is 1.90 bits per heavy atom. The van der Waals surface area contributed by atoms with Gasteiger partial charge in [-0.2, -0.15) is 0 Å². The van der Waals surface area contributed by atoms with Gasteiger partial charge >= 0.3 is 0 Å². The number of hydrogen-bond acceptors (Lipinski definition) is 4. The van der Waals surface area contributed by atoms with E-state index in [2.05, 4.69) is 15.0 Å². The van der Waals surface area contributed by atoms with Crippen LogP contribution in [0.1, 0.15) is 12.5 Å². The molecule has 0 aliphatic heterocycles. The molecule has 0 spiro atoms. The predicted octanol–water partition coefficient (Wildman–Crippen LogP) is 2.65. The van der Waals surface area contributed by atoms with E-state index in [1.54, 1.807) is 24.3 Å². The third-order valence-corrected chi connectivity index (χ3v) is 4.57. The first-order valence-corrected chi connectivity index (χ1v) is 8.31. The van der Waals surface area contributed by atoms with Gasteiger partial charge in [0, 0.05) is 24.0 Å². The zero-order valence-corrected chi connectivity index (χ0v) is 13.1. The lowest BCUT2D eigenvalue weighted by atomic mass is 10.2. The van der Waals surface area contributed by atoms with E-state index in [1.807, 2.05) is 6.92 Å². The zero-order valence-electron chi connectivity index (χ0n) is 11.5. The summed E-state index contributed by atoms with van der Waals surface area (Å²) >= 11 is 6.08. The van der Waals surface area contributed by atoms with Crippen molar-refractivity contribution in [1.82, 2.24) is 10.3 Å². The molecule has 0 aliphatic carbocycles. The van der Waals surface area contributed by atoms with Crippen LogP contribution in [0.4, 0.5) is 5.69 Å². The molecule has 0 atom stereocenters. The highest BCUT2D eigenvalue weighted by atomic mass is 35.5. The van der Waals surface area contributed by atoms with Crippen molar-refractivity contribution in [2.45, 2.75) is 18.4 Å². The van der Waals surface area contributed by atoms with E-state index in [1.165, 1.54) is 18.5 Å². The van der Waals surface area contributed by atoms with Gasteiger partial charge in [0.05, 0.1) is 10.6 Å². The maximum absolute atomic E-state index is 12.3. The molecule has 1 heterocycles. The maximum Gasteiger partial charge on any atom is 0.261 e. The monoisotopic (exact) mass is 325 g/mol. The van der Waals surface area contributed by atoms with Gasteiger partial charge in [-0.25, -0.2) is 8.42 Å². The Bertz CT molecular complexity index is 705. The number of sulfonamides is 1. The molecule has 2 N–H and O–H groups in total. The van der Waals surface area contributed by atoms with Gasteiger partial charge in [0.1, 0.15) is 0 Å². The summed E-state index contributed by atoms with van der Waals surface area (Å²) < 4.78 is 27.2. The molecule has 5 nitrogen and oxygen atoms in total. The Labute approximate surface area is 129 Å². The van der Waals surface area contributed by atoms with E-state index in [-0.39, 0.29) is 4.90 Å². The van der Waals surface area contributed by atoms with Crippen molar-refractivity contribution in [3.8, 4) is 0 Å². The summed E-state index contributed by atoms with van der Waals surface area (Å²) in [5, 5.41) is 3.67. The van der Waals surface area contributed by atoms with Crippen molar-refractivity contribution in [1.29, 1.82) is 0 Å². The number of pyridine rings is 1. The number of rotatable bonds is 6. The molecule has 1 aromatic heterocycles. The molecule has 0 saturated heterocycles. The summed E-state index contributed by atoms with van der Waals surface area (Å²) in [5.41, 5.74) is 1.21. The van der Waals surface area contributed by atoms with Crippen molar-refractivity contribution in [2.24, 2.45) is 0 Å². The highest BCUT2D eigenvalue weighted by Gasteiger charge is 2.15. The number of aromatic nitrogens is 1.